The molecule has 2 aromatic rings. The molecule has 10 heteroatoms. The Morgan fingerprint density at radius 3 is 2.48 bits per heavy atom. The van der Waals surface area contributed by atoms with E-state index in [1.54, 1.807) is 0 Å². The number of aromatic nitrogens is 2. The topological polar surface area (TPSA) is 107 Å². The summed E-state index contributed by atoms with van der Waals surface area (Å²) < 4.78 is 48.0. The second-order valence-corrected chi connectivity index (χ2v) is 5.35. The molecule has 0 fully saturated rings. The molecule has 1 heterocycles. The molecular weight excluding hydrogens is 309 g/mol. The number of anilines is 2. The summed E-state index contributed by atoms with van der Waals surface area (Å²) in [6.45, 7) is 0. The molecule has 1 amide bonds. The Kier molecular flexibility index (Phi) is 4.09. The fourth-order valence-electron chi connectivity index (χ4n) is 1.51. The van der Waals surface area contributed by atoms with E-state index < -0.39 is 22.6 Å². The average Bonchev–Trinajstić information content (AvgIpc) is 2.86. The maximum absolute atomic E-state index is 12.3. The maximum Gasteiger partial charge on any atom is 0.578 e. The van der Waals surface area contributed by atoms with Crippen molar-refractivity contribution in [3.05, 3.63) is 36.0 Å². The summed E-state index contributed by atoms with van der Waals surface area (Å²) in [7, 11) is 0. The van der Waals surface area contributed by atoms with E-state index in [1.807, 2.05) is 0 Å². The van der Waals surface area contributed by atoms with E-state index in [-0.39, 0.29) is 16.3 Å². The van der Waals surface area contributed by atoms with Crippen molar-refractivity contribution in [1.29, 1.82) is 0 Å². The molecule has 1 atom stereocenters. The van der Waals surface area contributed by atoms with E-state index in [9.17, 15) is 22.5 Å². The van der Waals surface area contributed by atoms with Gasteiger partial charge in [0.15, 0.2) is 10.7 Å². The van der Waals surface area contributed by atoms with Gasteiger partial charge in [-0.1, -0.05) is 0 Å². The molecule has 0 saturated carbocycles. The number of carbonyl (C=O) groups excluding carboxylic acids is 1. The number of rotatable bonds is 4. The van der Waals surface area contributed by atoms with Gasteiger partial charge in [-0.2, -0.15) is 5.10 Å². The van der Waals surface area contributed by atoms with Crippen molar-refractivity contribution in [2.45, 2.75) is 10.4 Å². The van der Waals surface area contributed by atoms with Gasteiger partial charge >= 0.3 is 5.51 Å². The number of alkyl halides is 3. The summed E-state index contributed by atoms with van der Waals surface area (Å²) in [5.74, 6) is -0.562. The van der Waals surface area contributed by atoms with Crippen LogP contribution in [0, 0.1) is 0 Å². The SMILES string of the molecule is NC(=O)c1c[nH]nc1Nc1ccc([S+]([O-])C(F)(F)F)cc1. The van der Waals surface area contributed by atoms with E-state index in [0.29, 0.717) is 5.69 Å². The molecular formula is C11H9F3N4O2S. The number of H-pyrrole nitrogens is 1. The normalized spacial score (nSPS) is 13.0. The van der Waals surface area contributed by atoms with Crippen molar-refractivity contribution >= 4 is 28.6 Å². The summed E-state index contributed by atoms with van der Waals surface area (Å²) >= 11 is -3.08. The van der Waals surface area contributed by atoms with E-state index in [0.717, 1.165) is 12.1 Å². The first-order chi connectivity index (χ1) is 9.79. The van der Waals surface area contributed by atoms with Crippen LogP contribution in [0.3, 0.4) is 0 Å². The number of nitrogens with two attached hydrogens (primary N) is 1. The Morgan fingerprint density at radius 1 is 1.33 bits per heavy atom. The number of benzene rings is 1. The van der Waals surface area contributed by atoms with E-state index in [2.05, 4.69) is 15.5 Å². The first-order valence-electron chi connectivity index (χ1n) is 5.48. The van der Waals surface area contributed by atoms with Crippen LogP contribution in [0.1, 0.15) is 10.4 Å². The second kappa shape index (κ2) is 5.66. The van der Waals surface area contributed by atoms with Crippen LogP contribution >= 0.6 is 0 Å². The Bertz CT molecular complexity index is 642. The number of hydrogen-bond acceptors (Lipinski definition) is 4. The highest BCUT2D eigenvalue weighted by molar-refractivity contribution is 7.92. The first-order valence-corrected chi connectivity index (χ1v) is 6.63. The zero-order valence-electron chi connectivity index (χ0n) is 10.3. The molecule has 0 spiro atoms. The highest BCUT2D eigenvalue weighted by Gasteiger charge is 2.45. The van der Waals surface area contributed by atoms with Crippen LogP contribution in [0.2, 0.25) is 0 Å². The van der Waals surface area contributed by atoms with Crippen molar-refractivity contribution in [2.75, 3.05) is 5.32 Å². The lowest BCUT2D eigenvalue weighted by Crippen LogP contribution is -2.23. The van der Waals surface area contributed by atoms with Gasteiger partial charge in [0.25, 0.3) is 5.91 Å². The summed E-state index contributed by atoms with van der Waals surface area (Å²) in [6, 6.07) is 4.72. The van der Waals surface area contributed by atoms with Crippen molar-refractivity contribution in [3.8, 4) is 0 Å². The van der Waals surface area contributed by atoms with Crippen molar-refractivity contribution < 1.29 is 22.5 Å². The fraction of sp³-hybridized carbons (Fsp3) is 0.0909. The van der Waals surface area contributed by atoms with Gasteiger partial charge in [0.2, 0.25) is 0 Å². The lowest BCUT2D eigenvalue weighted by molar-refractivity contribution is -0.0435. The number of aromatic amines is 1. The van der Waals surface area contributed by atoms with Gasteiger partial charge in [-0.15, -0.1) is 13.2 Å². The zero-order valence-corrected chi connectivity index (χ0v) is 11.1. The molecule has 1 unspecified atom stereocenters. The lowest BCUT2D eigenvalue weighted by Gasteiger charge is -2.12. The van der Waals surface area contributed by atoms with Gasteiger partial charge in [0.1, 0.15) is 5.56 Å². The summed E-state index contributed by atoms with van der Waals surface area (Å²) in [6.07, 6.45) is 1.29. The van der Waals surface area contributed by atoms with Gasteiger partial charge in [-0.25, -0.2) is 0 Å². The van der Waals surface area contributed by atoms with Crippen LogP contribution in [-0.4, -0.2) is 26.2 Å². The summed E-state index contributed by atoms with van der Waals surface area (Å²) in [5, 5.41) is 8.91. The minimum Gasteiger partial charge on any atom is -0.604 e. The minimum atomic E-state index is -4.81. The summed E-state index contributed by atoms with van der Waals surface area (Å²) in [5.41, 5.74) is 0.788. The highest BCUT2D eigenvalue weighted by Crippen LogP contribution is 2.31. The van der Waals surface area contributed by atoms with Crippen molar-refractivity contribution in [2.24, 2.45) is 5.73 Å². The van der Waals surface area contributed by atoms with Gasteiger partial charge < -0.3 is 15.6 Å². The Balaban J connectivity index is 2.16. The third-order valence-corrected chi connectivity index (χ3v) is 3.57. The number of primary amides is 1. The molecule has 21 heavy (non-hydrogen) atoms. The predicted octanol–water partition coefficient (Wildman–Crippen LogP) is 1.88. The maximum atomic E-state index is 12.3. The van der Waals surface area contributed by atoms with Gasteiger partial charge in [-0.05, 0) is 24.3 Å². The number of nitrogens with zero attached hydrogens (tertiary/aromatic N) is 1. The second-order valence-electron chi connectivity index (χ2n) is 3.88. The number of hydrogen-bond donors (Lipinski definition) is 3. The third-order valence-electron chi connectivity index (χ3n) is 2.45. The minimum absolute atomic E-state index is 0.109. The van der Waals surface area contributed by atoms with Crippen LogP contribution in [-0.2, 0) is 11.2 Å². The number of carbonyl (C=O) groups is 1. The monoisotopic (exact) mass is 318 g/mol. The molecule has 0 aliphatic heterocycles. The first kappa shape index (κ1) is 15.2. The highest BCUT2D eigenvalue weighted by atomic mass is 32.2. The van der Waals surface area contributed by atoms with Crippen LogP contribution in [0.25, 0.3) is 0 Å². The van der Waals surface area contributed by atoms with Crippen LogP contribution in [0.15, 0.2) is 35.4 Å². The molecule has 4 N–H and O–H groups in total. The van der Waals surface area contributed by atoms with Crippen LogP contribution in [0.4, 0.5) is 24.7 Å². The largest absolute Gasteiger partial charge is 0.604 e. The molecule has 2 rings (SSSR count). The standard InChI is InChI=1S/C11H9F3N4O2S/c12-11(13,14)21(20)7-3-1-6(2-4-7)17-10-8(9(15)19)5-16-18-10/h1-5H,(H2,15,19)(H2,16,17,18). The molecule has 1 aromatic carbocycles. The van der Waals surface area contributed by atoms with Crippen LogP contribution in [0.5, 0.6) is 0 Å². The van der Waals surface area contributed by atoms with E-state index in [4.69, 9.17) is 5.73 Å². The lowest BCUT2D eigenvalue weighted by atomic mass is 10.3. The molecule has 112 valence electrons. The van der Waals surface area contributed by atoms with Gasteiger partial charge in [0, 0.05) is 11.9 Å². The summed E-state index contributed by atoms with van der Waals surface area (Å²) in [4.78, 5) is 10.7. The molecule has 0 radical (unpaired) electrons. The molecule has 0 saturated heterocycles. The zero-order chi connectivity index (χ0) is 15.6. The molecule has 0 aliphatic carbocycles. The van der Waals surface area contributed by atoms with Gasteiger partial charge in [-0.3, -0.25) is 9.89 Å². The Labute approximate surface area is 119 Å². The quantitative estimate of drug-likeness (QED) is 0.748. The van der Waals surface area contributed by atoms with E-state index in [1.165, 1.54) is 18.3 Å². The molecule has 1 aromatic heterocycles. The van der Waals surface area contributed by atoms with Crippen molar-refractivity contribution in [1.82, 2.24) is 10.2 Å². The van der Waals surface area contributed by atoms with Crippen molar-refractivity contribution in [3.63, 3.8) is 0 Å². The number of amides is 1. The molecule has 0 bridgehead atoms. The third kappa shape index (κ3) is 3.47. The Morgan fingerprint density at radius 2 is 1.95 bits per heavy atom. The number of halogens is 3. The fourth-order valence-corrected chi connectivity index (χ4v) is 2.16. The Hall–Kier alpha value is -2.20. The smallest absolute Gasteiger partial charge is 0.578 e. The van der Waals surface area contributed by atoms with E-state index >= 15 is 0 Å². The predicted molar refractivity (Wildman–Crippen MR) is 69.3 cm³/mol. The molecule has 0 aliphatic rings. The van der Waals surface area contributed by atoms with Gasteiger partial charge in [0.05, 0.1) is 11.2 Å². The van der Waals surface area contributed by atoms with Crippen LogP contribution < -0.4 is 11.1 Å². The average molecular weight is 318 g/mol. The number of nitrogens with one attached hydrogen (secondary N) is 2. The molecule has 6 nitrogen and oxygen atoms in total.